The Morgan fingerprint density at radius 1 is 0.625 bits per heavy atom. The zero-order valence-electron chi connectivity index (χ0n) is 21.4. The number of nitrogens with two attached hydrogens (primary N) is 2. The fraction of sp³-hybridized carbons (Fsp3) is 1.00. The van der Waals surface area contributed by atoms with E-state index in [0.717, 1.165) is 12.8 Å². The molecule has 0 rings (SSSR count). The van der Waals surface area contributed by atoms with Gasteiger partial charge in [0.05, 0.1) is 0 Å². The van der Waals surface area contributed by atoms with E-state index in [1.165, 1.54) is 83.5 Å². The van der Waals surface area contributed by atoms with Crippen molar-refractivity contribution in [2.75, 3.05) is 26.4 Å². The largest absolute Gasteiger partial charge is 0.396 e. The molecule has 0 aromatic carbocycles. The highest BCUT2D eigenvalue weighted by Gasteiger charge is 2.38. The van der Waals surface area contributed by atoms with Crippen LogP contribution in [-0.2, 0) is 0 Å². The predicted molar refractivity (Wildman–Crippen MR) is 138 cm³/mol. The topological polar surface area (TPSA) is 113 Å². The van der Waals surface area contributed by atoms with Gasteiger partial charge >= 0.3 is 0 Å². The van der Waals surface area contributed by atoms with E-state index in [1.807, 2.05) is 0 Å². The summed E-state index contributed by atoms with van der Waals surface area (Å²) in [6.45, 7) is 2.98. The van der Waals surface area contributed by atoms with Gasteiger partial charge in [-0.2, -0.15) is 0 Å². The quantitative estimate of drug-likeness (QED) is 0.119. The van der Waals surface area contributed by atoms with Crippen LogP contribution in [0.1, 0.15) is 129 Å². The first-order chi connectivity index (χ1) is 15.6. The van der Waals surface area contributed by atoms with Crippen LogP contribution in [0, 0.1) is 11.3 Å². The normalized spacial score (nSPS) is 14.1. The molecule has 194 valence electrons. The monoisotopic (exact) mass is 458 g/mol. The van der Waals surface area contributed by atoms with E-state index in [1.54, 1.807) is 0 Å². The molecule has 0 saturated heterocycles. The Morgan fingerprint density at radius 2 is 1.06 bits per heavy atom. The van der Waals surface area contributed by atoms with Gasteiger partial charge in [0.25, 0.3) is 0 Å². The van der Waals surface area contributed by atoms with E-state index in [0.29, 0.717) is 32.2 Å². The number of aliphatic hydroxyl groups excluding tert-OH is 3. The molecular weight excluding hydrogens is 400 g/mol. The van der Waals surface area contributed by atoms with Crippen LogP contribution >= 0.6 is 0 Å². The first kappa shape index (κ1) is 31.8. The third-order valence-corrected chi connectivity index (χ3v) is 7.44. The lowest BCUT2D eigenvalue weighted by molar-refractivity contribution is 0.0354. The first-order valence-corrected chi connectivity index (χ1v) is 13.9. The highest BCUT2D eigenvalue weighted by molar-refractivity contribution is 4.90. The van der Waals surface area contributed by atoms with Gasteiger partial charge in [-0.15, -0.1) is 0 Å². The van der Waals surface area contributed by atoms with Crippen LogP contribution in [-0.4, -0.2) is 47.7 Å². The van der Waals surface area contributed by atoms with Crippen LogP contribution in [0.5, 0.6) is 0 Å². The second kappa shape index (κ2) is 22.6. The van der Waals surface area contributed by atoms with Gasteiger partial charge < -0.3 is 26.8 Å². The molecule has 5 heteroatoms. The van der Waals surface area contributed by atoms with Gasteiger partial charge in [-0.05, 0) is 43.4 Å². The molecule has 2 unspecified atom stereocenters. The van der Waals surface area contributed by atoms with E-state index in [-0.39, 0.29) is 37.2 Å². The van der Waals surface area contributed by atoms with Crippen molar-refractivity contribution in [3.8, 4) is 0 Å². The van der Waals surface area contributed by atoms with Gasteiger partial charge in [0.2, 0.25) is 0 Å². The Labute approximate surface area is 199 Å². The second-order valence-electron chi connectivity index (χ2n) is 10.1. The summed E-state index contributed by atoms with van der Waals surface area (Å²) in [5, 5.41) is 29.1. The average Bonchev–Trinajstić information content (AvgIpc) is 2.78. The lowest BCUT2D eigenvalue weighted by Crippen LogP contribution is -2.42. The fourth-order valence-electron chi connectivity index (χ4n) is 5.45. The smallest absolute Gasteiger partial charge is 0.0436 e. The van der Waals surface area contributed by atoms with Crippen molar-refractivity contribution >= 4 is 0 Å². The van der Waals surface area contributed by atoms with E-state index < -0.39 is 0 Å². The van der Waals surface area contributed by atoms with E-state index in [4.69, 9.17) is 11.5 Å². The molecule has 0 aromatic heterocycles. The van der Waals surface area contributed by atoms with E-state index in [9.17, 15) is 15.3 Å². The van der Waals surface area contributed by atoms with Gasteiger partial charge in [0.15, 0.2) is 0 Å². The predicted octanol–water partition coefficient (Wildman–Crippen LogP) is 5.28. The molecule has 0 heterocycles. The Balaban J connectivity index is 4.16. The number of hydrogen-bond acceptors (Lipinski definition) is 5. The highest BCUT2D eigenvalue weighted by atomic mass is 16.3. The summed E-state index contributed by atoms with van der Waals surface area (Å²) in [6, 6.07) is -0.134. The Bertz CT molecular complexity index is 376. The molecule has 0 amide bonds. The maximum Gasteiger partial charge on any atom is 0.0436 e. The number of hydrogen-bond donors (Lipinski definition) is 5. The van der Waals surface area contributed by atoms with Crippen LogP contribution in [0.3, 0.4) is 0 Å². The van der Waals surface area contributed by atoms with Gasteiger partial charge in [0.1, 0.15) is 0 Å². The molecule has 5 nitrogen and oxygen atoms in total. The average molecular weight is 459 g/mol. The minimum Gasteiger partial charge on any atom is -0.396 e. The molecule has 0 spiro atoms. The maximum atomic E-state index is 9.71. The Morgan fingerprint density at radius 3 is 1.44 bits per heavy atom. The molecular formula is C27H58N2O3. The van der Waals surface area contributed by atoms with Gasteiger partial charge in [-0.25, -0.2) is 0 Å². The van der Waals surface area contributed by atoms with Crippen LogP contribution < -0.4 is 11.5 Å². The molecule has 0 aromatic rings. The van der Waals surface area contributed by atoms with Crippen LogP contribution in [0.15, 0.2) is 0 Å². The lowest BCUT2D eigenvalue weighted by atomic mass is 9.64. The van der Waals surface area contributed by atoms with Crippen LogP contribution in [0.4, 0.5) is 0 Å². The molecule has 7 N–H and O–H groups in total. The molecule has 0 fully saturated rings. The van der Waals surface area contributed by atoms with Gasteiger partial charge in [-0.3, -0.25) is 0 Å². The third kappa shape index (κ3) is 15.6. The minimum atomic E-state index is -0.235. The van der Waals surface area contributed by atoms with E-state index in [2.05, 4.69) is 6.92 Å². The van der Waals surface area contributed by atoms with Crippen molar-refractivity contribution in [1.29, 1.82) is 0 Å². The van der Waals surface area contributed by atoms with Crippen molar-refractivity contribution in [2.45, 2.75) is 135 Å². The first-order valence-electron chi connectivity index (χ1n) is 13.9. The Kier molecular flexibility index (Phi) is 22.4. The number of unbranched alkanes of at least 4 members (excludes halogenated alkanes) is 13. The van der Waals surface area contributed by atoms with Gasteiger partial charge in [0, 0.05) is 32.4 Å². The summed E-state index contributed by atoms with van der Waals surface area (Å²) in [5.41, 5.74) is 11.7. The van der Waals surface area contributed by atoms with Crippen LogP contribution in [0.2, 0.25) is 0 Å². The number of rotatable bonds is 25. The molecule has 0 radical (unpaired) electrons. The molecule has 2 atom stereocenters. The number of aliphatic hydroxyl groups is 3. The molecule has 0 aliphatic heterocycles. The summed E-state index contributed by atoms with van der Waals surface area (Å²) >= 11 is 0. The second-order valence-corrected chi connectivity index (χ2v) is 10.1. The van der Waals surface area contributed by atoms with Crippen molar-refractivity contribution in [2.24, 2.45) is 22.8 Å². The molecule has 0 aliphatic rings. The summed E-state index contributed by atoms with van der Waals surface area (Å²) < 4.78 is 0. The fourth-order valence-corrected chi connectivity index (χ4v) is 5.45. The van der Waals surface area contributed by atoms with Crippen molar-refractivity contribution < 1.29 is 15.3 Å². The zero-order valence-corrected chi connectivity index (χ0v) is 21.4. The summed E-state index contributed by atoms with van der Waals surface area (Å²) in [4.78, 5) is 0. The molecule has 32 heavy (non-hydrogen) atoms. The van der Waals surface area contributed by atoms with Crippen LogP contribution in [0.25, 0.3) is 0 Å². The van der Waals surface area contributed by atoms with Crippen molar-refractivity contribution in [3.63, 3.8) is 0 Å². The molecule has 0 saturated carbocycles. The highest BCUT2D eigenvalue weighted by Crippen LogP contribution is 2.44. The Hall–Kier alpha value is -0.200. The zero-order chi connectivity index (χ0) is 23.9. The van der Waals surface area contributed by atoms with Gasteiger partial charge in [-0.1, -0.05) is 96.8 Å². The minimum absolute atomic E-state index is 0.0813. The third-order valence-electron chi connectivity index (χ3n) is 7.44. The summed E-state index contributed by atoms with van der Waals surface area (Å²) in [7, 11) is 0. The SMILES string of the molecule is CCCCCCCCCCCCCCCCC(CCO)C(CCO)(CCO)CC(N)CN. The van der Waals surface area contributed by atoms with Crippen molar-refractivity contribution in [3.05, 3.63) is 0 Å². The summed E-state index contributed by atoms with van der Waals surface area (Å²) in [5.74, 6) is 0.265. The maximum absolute atomic E-state index is 9.71. The van der Waals surface area contributed by atoms with E-state index >= 15 is 0 Å². The molecule has 0 aliphatic carbocycles. The van der Waals surface area contributed by atoms with Crippen molar-refractivity contribution in [1.82, 2.24) is 0 Å². The summed E-state index contributed by atoms with van der Waals surface area (Å²) in [6.07, 6.45) is 22.5. The lowest BCUT2D eigenvalue weighted by Gasteiger charge is -2.42. The standard InChI is InChI=1S/C27H58N2O3/c1-2-3-4-5-6-7-8-9-10-11-12-13-14-15-16-25(17-20-30)27(18-21-31,19-22-32)23-26(29)24-28/h25-26,30-32H,2-24,28-29H2,1H3. The molecule has 0 bridgehead atoms.